The molecule has 8 heteroatoms. The number of aromatic hydroxyl groups is 1. The first-order valence-electron chi connectivity index (χ1n) is 7.93. The molecule has 0 saturated carbocycles. The fourth-order valence-corrected chi connectivity index (χ4v) is 3.40. The molecule has 0 atom stereocenters. The van der Waals surface area contributed by atoms with E-state index in [0.29, 0.717) is 16.1 Å². The maximum atomic E-state index is 13.0. The van der Waals surface area contributed by atoms with Gasteiger partial charge in [0, 0.05) is 23.3 Å². The molecule has 1 aliphatic heterocycles. The highest BCUT2D eigenvalue weighted by Gasteiger charge is 2.34. The maximum absolute atomic E-state index is 13.0. The minimum Gasteiger partial charge on any atom is -0.507 e. The van der Waals surface area contributed by atoms with Crippen molar-refractivity contribution in [1.82, 2.24) is 4.90 Å². The van der Waals surface area contributed by atoms with E-state index in [-0.39, 0.29) is 34.8 Å². The van der Waals surface area contributed by atoms with Gasteiger partial charge in [-0.1, -0.05) is 23.7 Å². The van der Waals surface area contributed by atoms with Crippen molar-refractivity contribution in [3.8, 4) is 5.75 Å². The first-order chi connectivity index (χ1) is 12.9. The van der Waals surface area contributed by atoms with Gasteiger partial charge in [-0.2, -0.15) is 0 Å². The van der Waals surface area contributed by atoms with Gasteiger partial charge in [0.05, 0.1) is 11.4 Å². The SMILES string of the molecule is O=C1S/C(=C\c2ccc(F)cc2)C(=O)N1CCN=Cc1cc(Cl)ccc1O. The molecule has 2 aromatic rings. The molecule has 1 N–H and O–H groups in total. The third-order valence-corrected chi connectivity index (χ3v) is 4.86. The van der Waals surface area contributed by atoms with Crippen molar-refractivity contribution in [3.63, 3.8) is 0 Å². The fourth-order valence-electron chi connectivity index (χ4n) is 2.35. The minimum atomic E-state index is -0.407. The van der Waals surface area contributed by atoms with Crippen LogP contribution in [0, 0.1) is 5.82 Å². The lowest BCUT2D eigenvalue weighted by Gasteiger charge is -2.10. The zero-order valence-corrected chi connectivity index (χ0v) is 15.5. The molecule has 0 radical (unpaired) electrons. The number of halogens is 2. The molecule has 1 saturated heterocycles. The van der Waals surface area contributed by atoms with Crippen LogP contribution in [0.15, 0.2) is 52.4 Å². The second-order valence-corrected chi connectivity index (χ2v) is 7.05. The third kappa shape index (κ3) is 4.75. The molecule has 3 rings (SSSR count). The molecule has 1 aliphatic rings. The van der Waals surface area contributed by atoms with Gasteiger partial charge in [-0.25, -0.2) is 4.39 Å². The number of benzene rings is 2. The number of amides is 2. The summed E-state index contributed by atoms with van der Waals surface area (Å²) >= 11 is 6.70. The number of thioether (sulfide) groups is 1. The van der Waals surface area contributed by atoms with Crippen LogP contribution in [0.5, 0.6) is 5.75 Å². The molecule has 2 amide bonds. The Kier molecular flexibility index (Phi) is 5.93. The summed E-state index contributed by atoms with van der Waals surface area (Å²) in [5, 5.41) is 9.80. The number of phenols is 1. The average Bonchev–Trinajstić information content (AvgIpc) is 2.90. The van der Waals surface area contributed by atoms with E-state index in [1.165, 1.54) is 36.5 Å². The number of carbonyl (C=O) groups excluding carboxylic acids is 2. The zero-order chi connectivity index (χ0) is 19.4. The van der Waals surface area contributed by atoms with Gasteiger partial charge in [-0.3, -0.25) is 19.5 Å². The lowest BCUT2D eigenvalue weighted by molar-refractivity contribution is -0.122. The van der Waals surface area contributed by atoms with Crippen molar-refractivity contribution in [2.24, 2.45) is 4.99 Å². The topological polar surface area (TPSA) is 70.0 Å². The Hall–Kier alpha value is -2.64. The standard InChI is InChI=1S/C19H14ClFN2O3S/c20-14-3-6-16(24)13(10-14)11-22-7-8-23-18(25)17(27-19(23)26)9-12-1-4-15(21)5-2-12/h1-6,9-11,24H,7-8H2/b17-9-,22-11?. The summed E-state index contributed by atoms with van der Waals surface area (Å²) in [6.07, 6.45) is 2.99. The number of hydrogen-bond donors (Lipinski definition) is 1. The smallest absolute Gasteiger partial charge is 0.293 e. The Morgan fingerprint density at radius 2 is 1.93 bits per heavy atom. The van der Waals surface area contributed by atoms with Gasteiger partial charge in [0.25, 0.3) is 11.1 Å². The van der Waals surface area contributed by atoms with E-state index < -0.39 is 5.91 Å². The number of phenolic OH excluding ortho intramolecular Hbond substituents is 1. The third-order valence-electron chi connectivity index (χ3n) is 3.71. The predicted octanol–water partition coefficient (Wildman–Crippen LogP) is 4.34. The van der Waals surface area contributed by atoms with E-state index in [0.717, 1.165) is 16.7 Å². The summed E-state index contributed by atoms with van der Waals surface area (Å²) in [6.45, 7) is 0.303. The van der Waals surface area contributed by atoms with Crippen LogP contribution in [0.2, 0.25) is 5.02 Å². The van der Waals surface area contributed by atoms with E-state index in [1.807, 2.05) is 0 Å². The molecule has 5 nitrogen and oxygen atoms in total. The Morgan fingerprint density at radius 3 is 2.67 bits per heavy atom. The van der Waals surface area contributed by atoms with Crippen molar-refractivity contribution in [1.29, 1.82) is 0 Å². The number of carbonyl (C=O) groups is 2. The average molecular weight is 405 g/mol. The predicted molar refractivity (Wildman–Crippen MR) is 105 cm³/mol. The van der Waals surface area contributed by atoms with Gasteiger partial charge in [-0.15, -0.1) is 0 Å². The molecule has 2 aromatic carbocycles. The first-order valence-corrected chi connectivity index (χ1v) is 9.13. The largest absolute Gasteiger partial charge is 0.507 e. The van der Waals surface area contributed by atoms with E-state index >= 15 is 0 Å². The van der Waals surface area contributed by atoms with Crippen LogP contribution in [-0.4, -0.2) is 40.5 Å². The van der Waals surface area contributed by atoms with Crippen LogP contribution in [0.4, 0.5) is 9.18 Å². The summed E-state index contributed by atoms with van der Waals surface area (Å²) < 4.78 is 13.0. The Bertz CT molecular complexity index is 944. The van der Waals surface area contributed by atoms with Crippen molar-refractivity contribution < 1.29 is 19.1 Å². The molecule has 27 heavy (non-hydrogen) atoms. The highest BCUT2D eigenvalue weighted by atomic mass is 35.5. The summed E-state index contributed by atoms with van der Waals surface area (Å²) in [4.78, 5) is 30.0. The number of hydrogen-bond acceptors (Lipinski definition) is 5. The molecular weight excluding hydrogens is 391 g/mol. The summed E-state index contributed by atoms with van der Waals surface area (Å²) in [5.74, 6) is -0.740. The lowest BCUT2D eigenvalue weighted by atomic mass is 10.2. The molecule has 138 valence electrons. The van der Waals surface area contributed by atoms with Gasteiger partial charge in [0.2, 0.25) is 0 Å². The number of rotatable bonds is 5. The van der Waals surface area contributed by atoms with Crippen LogP contribution in [0.25, 0.3) is 6.08 Å². The summed E-state index contributed by atoms with van der Waals surface area (Å²) in [5.41, 5.74) is 1.09. The lowest BCUT2D eigenvalue weighted by Crippen LogP contribution is -2.30. The summed E-state index contributed by atoms with van der Waals surface area (Å²) in [7, 11) is 0. The number of aliphatic imine (C=N–C) groups is 1. The second kappa shape index (κ2) is 8.37. The van der Waals surface area contributed by atoms with Gasteiger partial charge < -0.3 is 5.11 Å². The Balaban J connectivity index is 1.63. The van der Waals surface area contributed by atoms with Crippen molar-refractivity contribution >= 4 is 46.8 Å². The zero-order valence-electron chi connectivity index (χ0n) is 13.9. The van der Waals surface area contributed by atoms with Crippen molar-refractivity contribution in [2.45, 2.75) is 0 Å². The van der Waals surface area contributed by atoms with Crippen LogP contribution >= 0.6 is 23.4 Å². The molecule has 0 bridgehead atoms. The maximum Gasteiger partial charge on any atom is 0.293 e. The van der Waals surface area contributed by atoms with Crippen LogP contribution in [0.1, 0.15) is 11.1 Å². The molecule has 0 unspecified atom stereocenters. The highest BCUT2D eigenvalue weighted by molar-refractivity contribution is 8.18. The van der Waals surface area contributed by atoms with Crippen LogP contribution in [-0.2, 0) is 4.79 Å². The van der Waals surface area contributed by atoms with Gasteiger partial charge in [0.15, 0.2) is 0 Å². The molecule has 1 heterocycles. The van der Waals surface area contributed by atoms with E-state index in [2.05, 4.69) is 4.99 Å². The van der Waals surface area contributed by atoms with Crippen molar-refractivity contribution in [3.05, 3.63) is 69.3 Å². The summed E-state index contributed by atoms with van der Waals surface area (Å²) in [6, 6.07) is 10.2. The second-order valence-electron chi connectivity index (χ2n) is 5.62. The molecule has 0 aliphatic carbocycles. The molecular formula is C19H14ClFN2O3S. The van der Waals surface area contributed by atoms with E-state index in [1.54, 1.807) is 18.2 Å². The minimum absolute atomic E-state index is 0.0385. The first kappa shape index (κ1) is 19.1. The highest BCUT2D eigenvalue weighted by Crippen LogP contribution is 2.32. The van der Waals surface area contributed by atoms with Gasteiger partial charge >= 0.3 is 0 Å². The van der Waals surface area contributed by atoms with Gasteiger partial charge in [0.1, 0.15) is 11.6 Å². The molecule has 0 spiro atoms. The van der Waals surface area contributed by atoms with E-state index in [9.17, 15) is 19.1 Å². The Labute approximate surface area is 164 Å². The van der Waals surface area contributed by atoms with Gasteiger partial charge in [-0.05, 0) is 53.7 Å². The fraction of sp³-hybridized carbons (Fsp3) is 0.105. The number of nitrogens with zero attached hydrogens (tertiary/aromatic N) is 2. The molecule has 1 fully saturated rings. The normalized spacial score (nSPS) is 16.1. The van der Waals surface area contributed by atoms with E-state index in [4.69, 9.17) is 11.6 Å². The monoisotopic (exact) mass is 404 g/mol. The molecule has 0 aromatic heterocycles. The number of imide groups is 1. The Morgan fingerprint density at radius 1 is 1.19 bits per heavy atom. The van der Waals surface area contributed by atoms with Crippen LogP contribution in [0.3, 0.4) is 0 Å². The van der Waals surface area contributed by atoms with Crippen LogP contribution < -0.4 is 0 Å². The quantitative estimate of drug-likeness (QED) is 0.594. The van der Waals surface area contributed by atoms with Crippen molar-refractivity contribution in [2.75, 3.05) is 13.1 Å².